The van der Waals surface area contributed by atoms with E-state index in [2.05, 4.69) is 22.1 Å². The Labute approximate surface area is 165 Å². The van der Waals surface area contributed by atoms with E-state index in [0.717, 1.165) is 18.7 Å². The Balaban J connectivity index is 1.59. The van der Waals surface area contributed by atoms with Crippen molar-refractivity contribution >= 4 is 11.5 Å². The molecule has 5 nitrogen and oxygen atoms in total. The van der Waals surface area contributed by atoms with E-state index in [9.17, 15) is 9.90 Å². The summed E-state index contributed by atoms with van der Waals surface area (Å²) in [5, 5.41) is 16.0. The van der Waals surface area contributed by atoms with E-state index in [-0.39, 0.29) is 17.6 Å². The monoisotopic (exact) mass is 375 g/mol. The lowest BCUT2D eigenvalue weighted by Crippen LogP contribution is -2.35. The molecule has 4 rings (SSSR count). The number of ketones is 1. The first-order valence-electron chi connectivity index (χ1n) is 9.72. The molecule has 1 saturated heterocycles. The Morgan fingerprint density at radius 2 is 1.82 bits per heavy atom. The molecule has 0 radical (unpaired) electrons. The Hall–Kier alpha value is -3.21. The van der Waals surface area contributed by atoms with Crippen molar-refractivity contribution in [2.75, 3.05) is 18.0 Å². The molecule has 2 aromatic rings. The standard InChI is InChI=1S/C23H25N3O2/c1-16-24-15-21(22(25-16)18-6-5-7-20(27)14-18)23(28)17-8-10-19(11-9-17)26-12-3-2-4-13-26/h5-11,14-15,22,24-25,27H,1-4,12-13H2. The fourth-order valence-corrected chi connectivity index (χ4v) is 3.85. The van der Waals surface area contributed by atoms with Crippen LogP contribution in [-0.2, 0) is 0 Å². The van der Waals surface area contributed by atoms with Gasteiger partial charge in [-0.25, -0.2) is 0 Å². The van der Waals surface area contributed by atoms with E-state index in [4.69, 9.17) is 0 Å². The van der Waals surface area contributed by atoms with Gasteiger partial charge in [0.25, 0.3) is 0 Å². The van der Waals surface area contributed by atoms with Crippen LogP contribution in [0.3, 0.4) is 0 Å². The molecule has 0 saturated carbocycles. The maximum Gasteiger partial charge on any atom is 0.192 e. The van der Waals surface area contributed by atoms with E-state index in [0.29, 0.717) is 17.0 Å². The molecule has 2 aromatic carbocycles. The average Bonchev–Trinajstić information content (AvgIpc) is 2.74. The molecule has 1 fully saturated rings. The summed E-state index contributed by atoms with van der Waals surface area (Å²) >= 11 is 0. The number of carbonyl (C=O) groups is 1. The van der Waals surface area contributed by atoms with E-state index in [1.165, 1.54) is 24.9 Å². The van der Waals surface area contributed by atoms with E-state index >= 15 is 0 Å². The number of hydrogen-bond acceptors (Lipinski definition) is 5. The third kappa shape index (κ3) is 3.74. The Kier molecular flexibility index (Phi) is 5.06. The zero-order valence-corrected chi connectivity index (χ0v) is 15.8. The Morgan fingerprint density at radius 1 is 1.07 bits per heavy atom. The third-order valence-corrected chi connectivity index (χ3v) is 5.35. The zero-order valence-electron chi connectivity index (χ0n) is 15.8. The molecule has 0 aromatic heterocycles. The van der Waals surface area contributed by atoms with Gasteiger partial charge in [0, 0.05) is 36.1 Å². The molecule has 1 atom stereocenters. The van der Waals surface area contributed by atoms with Crippen molar-refractivity contribution in [3.05, 3.63) is 83.8 Å². The first-order chi connectivity index (χ1) is 13.6. The molecule has 0 aliphatic carbocycles. The van der Waals surface area contributed by atoms with Crippen LogP contribution in [0.15, 0.2) is 72.7 Å². The molecular formula is C23H25N3O2. The molecule has 2 aliphatic rings. The van der Waals surface area contributed by atoms with Crippen molar-refractivity contribution in [3.63, 3.8) is 0 Å². The van der Waals surface area contributed by atoms with Crippen LogP contribution in [0.1, 0.15) is 41.2 Å². The SMILES string of the molecule is C=C1NC=C(C(=O)c2ccc(N3CCCCC3)cc2)C(c2cccc(O)c2)N1. The van der Waals surface area contributed by atoms with Gasteiger partial charge in [0.2, 0.25) is 0 Å². The largest absolute Gasteiger partial charge is 0.508 e. The highest BCUT2D eigenvalue weighted by atomic mass is 16.3. The van der Waals surface area contributed by atoms with Crippen LogP contribution >= 0.6 is 0 Å². The average molecular weight is 375 g/mol. The summed E-state index contributed by atoms with van der Waals surface area (Å²) in [5.41, 5.74) is 3.22. The van der Waals surface area contributed by atoms with Crippen LogP contribution in [0.25, 0.3) is 0 Å². The van der Waals surface area contributed by atoms with E-state index in [1.807, 2.05) is 30.3 Å². The van der Waals surface area contributed by atoms with Crippen molar-refractivity contribution in [3.8, 4) is 5.75 Å². The molecular weight excluding hydrogens is 350 g/mol. The summed E-state index contributed by atoms with van der Waals surface area (Å²) in [6.07, 6.45) is 5.44. The van der Waals surface area contributed by atoms with E-state index in [1.54, 1.807) is 24.4 Å². The number of carbonyl (C=O) groups excluding carboxylic acids is 1. The van der Waals surface area contributed by atoms with Crippen LogP contribution in [0, 0.1) is 0 Å². The second kappa shape index (κ2) is 7.80. The van der Waals surface area contributed by atoms with Crippen LogP contribution < -0.4 is 15.5 Å². The molecule has 0 bridgehead atoms. The molecule has 3 N–H and O–H groups in total. The maximum absolute atomic E-state index is 13.2. The van der Waals surface area contributed by atoms with Gasteiger partial charge >= 0.3 is 0 Å². The van der Waals surface area contributed by atoms with Gasteiger partial charge in [0.1, 0.15) is 5.75 Å². The van der Waals surface area contributed by atoms with Gasteiger partial charge in [0.15, 0.2) is 5.78 Å². The first kappa shape index (κ1) is 18.2. The number of nitrogens with zero attached hydrogens (tertiary/aromatic N) is 1. The highest BCUT2D eigenvalue weighted by molar-refractivity contribution is 6.09. The summed E-state index contributed by atoms with van der Waals surface area (Å²) in [6.45, 7) is 6.05. The van der Waals surface area contributed by atoms with E-state index < -0.39 is 0 Å². The molecule has 0 spiro atoms. The summed E-state index contributed by atoms with van der Waals surface area (Å²) < 4.78 is 0. The van der Waals surface area contributed by atoms with Gasteiger partial charge in [-0.15, -0.1) is 0 Å². The number of phenols is 1. The highest BCUT2D eigenvalue weighted by Gasteiger charge is 2.27. The number of aromatic hydroxyl groups is 1. The van der Waals surface area contributed by atoms with Gasteiger partial charge < -0.3 is 20.6 Å². The second-order valence-electron chi connectivity index (χ2n) is 7.32. The molecule has 5 heteroatoms. The topological polar surface area (TPSA) is 64.6 Å². The second-order valence-corrected chi connectivity index (χ2v) is 7.32. The minimum atomic E-state index is -0.366. The number of anilines is 1. The maximum atomic E-state index is 13.2. The molecule has 144 valence electrons. The number of nitrogens with one attached hydrogen (secondary N) is 2. The van der Waals surface area contributed by atoms with Gasteiger partial charge in [-0.3, -0.25) is 4.79 Å². The van der Waals surface area contributed by atoms with Gasteiger partial charge in [0.05, 0.1) is 11.9 Å². The summed E-state index contributed by atoms with van der Waals surface area (Å²) in [4.78, 5) is 15.6. The molecule has 2 aliphatic heterocycles. The highest BCUT2D eigenvalue weighted by Crippen LogP contribution is 2.30. The molecule has 0 amide bonds. The van der Waals surface area contributed by atoms with Crippen LogP contribution in [0.4, 0.5) is 5.69 Å². The van der Waals surface area contributed by atoms with Gasteiger partial charge in [-0.1, -0.05) is 18.7 Å². The number of piperidine rings is 1. The lowest BCUT2D eigenvalue weighted by molar-refractivity contribution is 0.102. The first-order valence-corrected chi connectivity index (χ1v) is 9.72. The Morgan fingerprint density at radius 3 is 2.54 bits per heavy atom. The minimum absolute atomic E-state index is 0.0500. The van der Waals surface area contributed by atoms with Crippen LogP contribution in [-0.4, -0.2) is 24.0 Å². The summed E-state index contributed by atoms with van der Waals surface area (Å²) in [7, 11) is 0. The molecule has 2 heterocycles. The van der Waals surface area contributed by atoms with Crippen LogP contribution in [0.2, 0.25) is 0 Å². The molecule has 1 unspecified atom stereocenters. The number of benzene rings is 2. The third-order valence-electron chi connectivity index (χ3n) is 5.35. The van der Waals surface area contributed by atoms with Crippen molar-refractivity contribution in [2.45, 2.75) is 25.3 Å². The fourth-order valence-electron chi connectivity index (χ4n) is 3.85. The number of phenolic OH excluding ortho intramolecular Hbond substituents is 1. The van der Waals surface area contributed by atoms with Crippen molar-refractivity contribution in [2.24, 2.45) is 0 Å². The quantitative estimate of drug-likeness (QED) is 0.709. The smallest absolute Gasteiger partial charge is 0.192 e. The summed E-state index contributed by atoms with van der Waals surface area (Å²) in [6, 6.07) is 14.4. The summed E-state index contributed by atoms with van der Waals surface area (Å²) in [5.74, 6) is 0.734. The fraction of sp³-hybridized carbons (Fsp3) is 0.261. The number of Topliss-reactive ketones (excluding diaryl/α,β-unsaturated/α-hetero) is 1. The predicted molar refractivity (Wildman–Crippen MR) is 111 cm³/mol. The Bertz CT molecular complexity index is 912. The van der Waals surface area contributed by atoms with Crippen molar-refractivity contribution in [1.82, 2.24) is 10.6 Å². The van der Waals surface area contributed by atoms with Crippen molar-refractivity contribution < 1.29 is 9.90 Å². The lowest BCUT2D eigenvalue weighted by atomic mass is 9.91. The molecule has 28 heavy (non-hydrogen) atoms. The lowest BCUT2D eigenvalue weighted by Gasteiger charge is -2.29. The number of rotatable bonds is 4. The predicted octanol–water partition coefficient (Wildman–Crippen LogP) is 3.85. The van der Waals surface area contributed by atoms with Gasteiger partial charge in [-0.05, 0) is 61.2 Å². The van der Waals surface area contributed by atoms with Gasteiger partial charge in [-0.2, -0.15) is 0 Å². The minimum Gasteiger partial charge on any atom is -0.508 e. The number of hydrogen-bond donors (Lipinski definition) is 3. The zero-order chi connectivity index (χ0) is 19.5. The van der Waals surface area contributed by atoms with Crippen molar-refractivity contribution in [1.29, 1.82) is 0 Å². The normalized spacial score (nSPS) is 19.4. The van der Waals surface area contributed by atoms with Crippen LogP contribution in [0.5, 0.6) is 5.75 Å².